The molecule has 2 fully saturated rings. The molecule has 6 heterocycles. The number of anilines is 3. The normalized spacial score (nSPS) is 16.5. The Kier molecular flexibility index (Phi) is 9.66. The van der Waals surface area contributed by atoms with Gasteiger partial charge in [0, 0.05) is 29.3 Å². The number of benzene rings is 2. The third-order valence-electron chi connectivity index (χ3n) is 9.96. The number of hydrogen-bond acceptors (Lipinski definition) is 11. The number of aromatic nitrogens is 3. The Labute approximate surface area is 306 Å². The SMILES string of the molecule is CCC.N#Cc1c(N)sc2c(F)ccc(-c3c(C(F)(F)F)c4c5c(nc(OCC67CCCN6CCC7)nc5c3F)N(Cc3cccnc3N)CCO4)c12. The average Bonchev–Trinajstić information content (AvgIpc) is 3.77. The third kappa shape index (κ3) is 6.29. The first-order chi connectivity index (χ1) is 25.4. The largest absolute Gasteiger partial charge is 0.490 e. The molecule has 3 aliphatic heterocycles. The number of nitrogens with two attached hydrogens (primary N) is 2. The maximum absolute atomic E-state index is 17.3. The van der Waals surface area contributed by atoms with Crippen LogP contribution in [0.4, 0.5) is 38.6 Å². The minimum Gasteiger partial charge on any atom is -0.490 e. The van der Waals surface area contributed by atoms with Crippen LogP contribution < -0.4 is 25.8 Å². The summed E-state index contributed by atoms with van der Waals surface area (Å²) in [6, 6.07) is 6.96. The van der Waals surface area contributed by atoms with Crippen LogP contribution in [0.2, 0.25) is 0 Å². The van der Waals surface area contributed by atoms with Gasteiger partial charge in [0.25, 0.3) is 0 Å². The predicted molar refractivity (Wildman–Crippen MR) is 194 cm³/mol. The maximum Gasteiger partial charge on any atom is 0.420 e. The van der Waals surface area contributed by atoms with E-state index in [1.54, 1.807) is 17.0 Å². The number of nitrogens with zero attached hydrogens (tertiary/aromatic N) is 6. The van der Waals surface area contributed by atoms with E-state index in [0.29, 0.717) is 16.9 Å². The van der Waals surface area contributed by atoms with Gasteiger partial charge in [-0.05, 0) is 56.5 Å². The molecule has 4 N–H and O–H groups in total. The molecule has 5 aromatic rings. The van der Waals surface area contributed by atoms with Gasteiger partial charge in [-0.1, -0.05) is 32.4 Å². The van der Waals surface area contributed by atoms with Crippen molar-refractivity contribution in [3.05, 3.63) is 58.8 Å². The Bertz CT molecular complexity index is 2250. The molecule has 53 heavy (non-hydrogen) atoms. The Hall–Kier alpha value is -5.01. The molecular formula is C37H37F5N8O2S. The van der Waals surface area contributed by atoms with Crippen molar-refractivity contribution in [3.63, 3.8) is 0 Å². The molecule has 2 saturated heterocycles. The van der Waals surface area contributed by atoms with Gasteiger partial charge in [0.2, 0.25) is 0 Å². The molecule has 16 heteroatoms. The predicted octanol–water partition coefficient (Wildman–Crippen LogP) is 8.06. The fourth-order valence-electron chi connectivity index (χ4n) is 7.70. The molecule has 0 unspecified atom stereocenters. The molecule has 0 bridgehead atoms. The van der Waals surface area contributed by atoms with Crippen molar-refractivity contribution in [1.82, 2.24) is 19.9 Å². The van der Waals surface area contributed by atoms with Crippen LogP contribution in [0.3, 0.4) is 0 Å². The summed E-state index contributed by atoms with van der Waals surface area (Å²) >= 11 is 0.693. The third-order valence-corrected chi connectivity index (χ3v) is 11.0. The molecule has 2 aromatic carbocycles. The molecule has 0 atom stereocenters. The van der Waals surface area contributed by atoms with Gasteiger partial charge >= 0.3 is 12.2 Å². The number of thiophene rings is 1. The van der Waals surface area contributed by atoms with Crippen LogP contribution in [-0.4, -0.2) is 58.2 Å². The van der Waals surface area contributed by atoms with Crippen LogP contribution in [-0.2, 0) is 12.7 Å². The van der Waals surface area contributed by atoms with Crippen molar-refractivity contribution in [2.45, 2.75) is 64.2 Å². The second-order valence-electron chi connectivity index (χ2n) is 13.4. The number of nitrogen functional groups attached to an aromatic ring is 2. The number of halogens is 5. The number of fused-ring (bicyclic) bond motifs is 2. The highest BCUT2D eigenvalue weighted by molar-refractivity contribution is 7.23. The molecule has 3 aliphatic rings. The van der Waals surface area contributed by atoms with E-state index >= 15 is 22.0 Å². The molecule has 0 aliphatic carbocycles. The number of alkyl halides is 3. The topological polar surface area (TPSA) is 139 Å². The minimum absolute atomic E-state index is 0.0364. The summed E-state index contributed by atoms with van der Waals surface area (Å²) in [6.45, 7) is 6.17. The highest BCUT2D eigenvalue weighted by Gasteiger charge is 2.46. The van der Waals surface area contributed by atoms with Crippen molar-refractivity contribution >= 4 is 49.0 Å². The van der Waals surface area contributed by atoms with Crippen LogP contribution in [0.25, 0.3) is 32.1 Å². The standard InChI is InChI=1S/C34H29F5N8O2S.C3H8/c35-20-6-5-18(21-19(14-40)30(42)50-28(20)21)22-24(34(37,38)39)27-23-26(25(22)36)44-32(49-16-33-7-2-10-47(33)11-3-8-33)45-31(23)46(12-13-48-27)15-17-4-1-9-43-29(17)41;1-3-2/h1,4-6,9H,2-3,7-8,10-13,15-16,42H2,(H2,41,43);3H2,1-2H3. The van der Waals surface area contributed by atoms with E-state index in [-0.39, 0.29) is 81.1 Å². The van der Waals surface area contributed by atoms with Gasteiger partial charge < -0.3 is 25.8 Å². The van der Waals surface area contributed by atoms with Gasteiger partial charge in [-0.15, -0.1) is 11.3 Å². The first-order valence-electron chi connectivity index (χ1n) is 17.4. The van der Waals surface area contributed by atoms with Crippen LogP contribution in [0.5, 0.6) is 11.8 Å². The first kappa shape index (κ1) is 36.4. The molecule has 0 spiro atoms. The molecule has 8 rings (SSSR count). The minimum atomic E-state index is -5.18. The Morgan fingerprint density at radius 2 is 1.79 bits per heavy atom. The van der Waals surface area contributed by atoms with Crippen LogP contribution >= 0.6 is 11.3 Å². The number of nitriles is 1. The lowest BCUT2D eigenvalue weighted by Gasteiger charge is -2.31. The quantitative estimate of drug-likeness (QED) is 0.164. The van der Waals surface area contributed by atoms with Gasteiger partial charge in [-0.3, -0.25) is 4.90 Å². The fourth-order valence-corrected chi connectivity index (χ4v) is 8.65. The summed E-state index contributed by atoms with van der Waals surface area (Å²) in [5.41, 5.74) is 8.95. The fraction of sp³-hybridized carbons (Fsp3) is 0.405. The van der Waals surface area contributed by atoms with Crippen LogP contribution in [0.1, 0.15) is 62.6 Å². The number of pyridine rings is 1. The average molecular weight is 753 g/mol. The second kappa shape index (κ2) is 14.1. The number of rotatable bonds is 6. The van der Waals surface area contributed by atoms with Gasteiger partial charge in [-0.25, -0.2) is 13.8 Å². The van der Waals surface area contributed by atoms with E-state index in [1.807, 2.05) is 6.07 Å². The summed E-state index contributed by atoms with van der Waals surface area (Å²) in [5.74, 6) is -2.70. The van der Waals surface area contributed by atoms with Gasteiger partial charge in [0.1, 0.15) is 58.6 Å². The lowest BCUT2D eigenvalue weighted by atomic mass is 9.91. The molecule has 0 amide bonds. The van der Waals surface area contributed by atoms with E-state index in [1.165, 1.54) is 12.6 Å². The van der Waals surface area contributed by atoms with Gasteiger partial charge in [0.15, 0.2) is 5.82 Å². The lowest BCUT2D eigenvalue weighted by Crippen LogP contribution is -2.43. The second-order valence-corrected chi connectivity index (χ2v) is 14.5. The molecule has 10 nitrogen and oxygen atoms in total. The Morgan fingerprint density at radius 3 is 2.47 bits per heavy atom. The highest BCUT2D eigenvalue weighted by Crippen LogP contribution is 2.53. The Balaban J connectivity index is 0.00000140. The number of hydrogen-bond donors (Lipinski definition) is 2. The summed E-state index contributed by atoms with van der Waals surface area (Å²) < 4.78 is 90.2. The van der Waals surface area contributed by atoms with Crippen molar-refractivity contribution in [2.75, 3.05) is 49.2 Å². The van der Waals surface area contributed by atoms with E-state index in [9.17, 15) is 5.26 Å². The number of ether oxygens (including phenoxy) is 2. The molecule has 0 radical (unpaired) electrons. The maximum atomic E-state index is 17.3. The monoisotopic (exact) mass is 752 g/mol. The van der Waals surface area contributed by atoms with E-state index in [0.717, 1.165) is 50.9 Å². The molecule has 3 aromatic heterocycles. The summed E-state index contributed by atoms with van der Waals surface area (Å²) in [5, 5.41) is 9.24. The zero-order valence-corrected chi connectivity index (χ0v) is 29.9. The van der Waals surface area contributed by atoms with E-state index < -0.39 is 40.2 Å². The van der Waals surface area contributed by atoms with E-state index in [2.05, 4.69) is 33.7 Å². The van der Waals surface area contributed by atoms with Crippen LogP contribution in [0, 0.1) is 23.0 Å². The van der Waals surface area contributed by atoms with Gasteiger partial charge in [0.05, 0.1) is 27.7 Å². The van der Waals surface area contributed by atoms with Crippen molar-refractivity contribution in [3.8, 4) is 29.0 Å². The summed E-state index contributed by atoms with van der Waals surface area (Å²) in [4.78, 5) is 17.2. The Morgan fingerprint density at radius 1 is 1.06 bits per heavy atom. The molecule has 278 valence electrons. The zero-order valence-electron chi connectivity index (χ0n) is 29.1. The van der Waals surface area contributed by atoms with E-state index in [4.69, 9.17) is 20.9 Å². The van der Waals surface area contributed by atoms with Crippen molar-refractivity contribution in [1.29, 1.82) is 5.26 Å². The highest BCUT2D eigenvalue weighted by atomic mass is 32.1. The van der Waals surface area contributed by atoms with Crippen molar-refractivity contribution in [2.24, 2.45) is 0 Å². The molecule has 0 saturated carbocycles. The van der Waals surface area contributed by atoms with Gasteiger partial charge in [-0.2, -0.15) is 28.4 Å². The molecular weight excluding hydrogens is 716 g/mol. The summed E-state index contributed by atoms with van der Waals surface area (Å²) in [7, 11) is 0. The zero-order chi connectivity index (χ0) is 37.7. The summed E-state index contributed by atoms with van der Waals surface area (Å²) in [6.07, 6.45) is 1.37. The van der Waals surface area contributed by atoms with Crippen LogP contribution in [0.15, 0.2) is 30.5 Å². The van der Waals surface area contributed by atoms with Crippen molar-refractivity contribution < 1.29 is 31.4 Å². The lowest BCUT2D eigenvalue weighted by molar-refractivity contribution is -0.138. The smallest absolute Gasteiger partial charge is 0.420 e. The first-order valence-corrected chi connectivity index (χ1v) is 18.2.